The predicted octanol–water partition coefficient (Wildman–Crippen LogP) is 6.32. The molecule has 1 heterocycles. The highest BCUT2D eigenvalue weighted by atomic mass is 16.2. The number of hydrazone groups is 1. The highest BCUT2D eigenvalue weighted by Crippen LogP contribution is 2.27. The Hall–Kier alpha value is -3.01. The van der Waals surface area contributed by atoms with Gasteiger partial charge < -0.3 is 0 Å². The Morgan fingerprint density at radius 3 is 2.47 bits per heavy atom. The fourth-order valence-electron chi connectivity index (χ4n) is 3.95. The second-order valence-corrected chi connectivity index (χ2v) is 8.65. The SMILES string of the molecule is CC1CCC(=NNC(=O)c2cc(-c3ccc(C(C)C)cc3)nc3ccccc23)CC1. The molecule has 1 aromatic heterocycles. The highest BCUT2D eigenvalue weighted by molar-refractivity contribution is 6.07. The molecule has 2 aromatic carbocycles. The third kappa shape index (κ3) is 4.43. The summed E-state index contributed by atoms with van der Waals surface area (Å²) in [6.45, 7) is 6.63. The van der Waals surface area contributed by atoms with Crippen molar-refractivity contribution in [2.24, 2.45) is 11.0 Å². The number of pyridine rings is 1. The zero-order valence-corrected chi connectivity index (χ0v) is 18.0. The molecule has 4 heteroatoms. The van der Waals surface area contributed by atoms with Crippen molar-refractivity contribution in [3.05, 3.63) is 65.7 Å². The van der Waals surface area contributed by atoms with Crippen LogP contribution in [0.1, 0.15) is 68.3 Å². The first kappa shape index (κ1) is 20.3. The van der Waals surface area contributed by atoms with Crippen molar-refractivity contribution >= 4 is 22.5 Å². The number of hydrogen-bond donors (Lipinski definition) is 1. The number of rotatable bonds is 4. The number of amides is 1. The first-order chi connectivity index (χ1) is 14.5. The summed E-state index contributed by atoms with van der Waals surface area (Å²) < 4.78 is 0. The number of hydrogen-bond acceptors (Lipinski definition) is 3. The van der Waals surface area contributed by atoms with Gasteiger partial charge in [-0.15, -0.1) is 0 Å². The van der Waals surface area contributed by atoms with E-state index in [0.29, 0.717) is 11.5 Å². The van der Waals surface area contributed by atoms with Crippen molar-refractivity contribution in [1.82, 2.24) is 10.4 Å². The maximum absolute atomic E-state index is 13.0. The van der Waals surface area contributed by atoms with Crippen molar-refractivity contribution in [2.75, 3.05) is 0 Å². The van der Waals surface area contributed by atoms with E-state index in [1.54, 1.807) is 0 Å². The molecule has 4 rings (SSSR count). The second-order valence-electron chi connectivity index (χ2n) is 8.65. The van der Waals surface area contributed by atoms with Gasteiger partial charge in [0.25, 0.3) is 5.91 Å². The maximum Gasteiger partial charge on any atom is 0.272 e. The Morgan fingerprint density at radius 1 is 1.07 bits per heavy atom. The van der Waals surface area contributed by atoms with Crippen LogP contribution in [0.2, 0.25) is 0 Å². The number of para-hydroxylation sites is 1. The number of aromatic nitrogens is 1. The Morgan fingerprint density at radius 2 is 1.77 bits per heavy atom. The summed E-state index contributed by atoms with van der Waals surface area (Å²) in [5, 5.41) is 5.27. The van der Waals surface area contributed by atoms with Gasteiger partial charge in [-0.3, -0.25) is 4.79 Å². The van der Waals surface area contributed by atoms with Crippen LogP contribution in [0.4, 0.5) is 0 Å². The first-order valence-corrected chi connectivity index (χ1v) is 10.9. The minimum atomic E-state index is -0.181. The molecule has 0 spiro atoms. The Bertz CT molecular complexity index is 1070. The Balaban J connectivity index is 1.66. The number of fused-ring (bicyclic) bond motifs is 1. The molecule has 3 aromatic rings. The summed E-state index contributed by atoms with van der Waals surface area (Å²) in [6, 6.07) is 18.1. The molecular formula is C26H29N3O. The largest absolute Gasteiger partial charge is 0.272 e. The van der Waals surface area contributed by atoms with Crippen molar-refractivity contribution in [3.63, 3.8) is 0 Å². The second kappa shape index (κ2) is 8.78. The Kier molecular flexibility index (Phi) is 5.93. The van der Waals surface area contributed by atoms with Crippen molar-refractivity contribution in [1.29, 1.82) is 0 Å². The van der Waals surface area contributed by atoms with Gasteiger partial charge in [0.05, 0.1) is 16.8 Å². The first-order valence-electron chi connectivity index (χ1n) is 10.9. The lowest BCUT2D eigenvalue weighted by molar-refractivity contribution is 0.0956. The normalized spacial score (nSPS) is 16.7. The van der Waals surface area contributed by atoms with Crippen LogP contribution >= 0.6 is 0 Å². The molecule has 0 aliphatic heterocycles. The van der Waals surface area contributed by atoms with E-state index in [-0.39, 0.29) is 5.91 Å². The quantitative estimate of drug-likeness (QED) is 0.522. The fraction of sp³-hybridized carbons (Fsp3) is 0.346. The van der Waals surface area contributed by atoms with Gasteiger partial charge >= 0.3 is 0 Å². The molecule has 1 saturated carbocycles. The van der Waals surface area contributed by atoms with Gasteiger partial charge in [-0.1, -0.05) is 63.2 Å². The zero-order valence-electron chi connectivity index (χ0n) is 18.0. The summed E-state index contributed by atoms with van der Waals surface area (Å²) in [6.07, 6.45) is 4.21. The van der Waals surface area contributed by atoms with E-state index < -0.39 is 0 Å². The molecular weight excluding hydrogens is 370 g/mol. The minimum Gasteiger partial charge on any atom is -0.267 e. The lowest BCUT2D eigenvalue weighted by atomic mass is 9.90. The highest BCUT2D eigenvalue weighted by Gasteiger charge is 2.16. The van der Waals surface area contributed by atoms with Crippen LogP contribution in [0.5, 0.6) is 0 Å². The number of carbonyl (C=O) groups excluding carboxylic acids is 1. The average Bonchev–Trinajstić information content (AvgIpc) is 2.77. The number of nitrogens with zero attached hydrogens (tertiary/aromatic N) is 2. The number of carbonyl (C=O) groups is 1. The summed E-state index contributed by atoms with van der Waals surface area (Å²) in [5.74, 6) is 1.04. The van der Waals surface area contributed by atoms with E-state index in [2.05, 4.69) is 55.6 Å². The Labute approximate surface area is 178 Å². The molecule has 154 valence electrons. The summed E-state index contributed by atoms with van der Waals surface area (Å²) in [5.41, 5.74) is 8.40. The lowest BCUT2D eigenvalue weighted by Gasteiger charge is -2.18. The fourth-order valence-corrected chi connectivity index (χ4v) is 3.95. The molecule has 1 amide bonds. The van der Waals surface area contributed by atoms with Crippen LogP contribution in [0, 0.1) is 5.92 Å². The van der Waals surface area contributed by atoms with E-state index in [0.717, 1.165) is 59.5 Å². The molecule has 0 unspecified atom stereocenters. The minimum absolute atomic E-state index is 0.181. The van der Waals surface area contributed by atoms with Gasteiger partial charge in [0.1, 0.15) is 0 Å². The van der Waals surface area contributed by atoms with E-state index in [4.69, 9.17) is 4.98 Å². The number of benzene rings is 2. The molecule has 30 heavy (non-hydrogen) atoms. The number of nitrogens with one attached hydrogen (secondary N) is 1. The molecule has 4 nitrogen and oxygen atoms in total. The van der Waals surface area contributed by atoms with Crippen LogP contribution in [-0.2, 0) is 0 Å². The van der Waals surface area contributed by atoms with E-state index in [1.807, 2.05) is 30.3 Å². The van der Waals surface area contributed by atoms with Crippen molar-refractivity contribution < 1.29 is 4.79 Å². The smallest absolute Gasteiger partial charge is 0.267 e. The maximum atomic E-state index is 13.0. The van der Waals surface area contributed by atoms with Gasteiger partial charge in [-0.25, -0.2) is 10.4 Å². The van der Waals surface area contributed by atoms with E-state index in [1.165, 1.54) is 5.56 Å². The molecule has 0 bridgehead atoms. The van der Waals surface area contributed by atoms with Gasteiger partial charge in [-0.05, 0) is 55.2 Å². The predicted molar refractivity (Wildman–Crippen MR) is 124 cm³/mol. The molecule has 1 N–H and O–H groups in total. The summed E-state index contributed by atoms with van der Waals surface area (Å²) >= 11 is 0. The van der Waals surface area contributed by atoms with Gasteiger partial charge in [0.2, 0.25) is 0 Å². The zero-order chi connectivity index (χ0) is 21.1. The standard InChI is InChI=1S/C26H29N3O/c1-17(2)19-10-12-20(13-11-19)25-16-23(22-6-4-5-7-24(22)27-25)26(30)29-28-21-14-8-18(3)9-15-21/h4-7,10-13,16-18H,8-9,14-15H2,1-3H3,(H,29,30). The molecule has 1 aliphatic carbocycles. The lowest BCUT2D eigenvalue weighted by Crippen LogP contribution is -2.22. The van der Waals surface area contributed by atoms with Crippen LogP contribution in [0.25, 0.3) is 22.2 Å². The molecule has 1 fully saturated rings. The van der Waals surface area contributed by atoms with Crippen molar-refractivity contribution in [2.45, 2.75) is 52.4 Å². The van der Waals surface area contributed by atoms with E-state index in [9.17, 15) is 4.79 Å². The molecule has 0 atom stereocenters. The van der Waals surface area contributed by atoms with E-state index >= 15 is 0 Å². The molecule has 1 aliphatic rings. The third-order valence-corrected chi connectivity index (χ3v) is 6.00. The summed E-state index contributed by atoms with van der Waals surface area (Å²) in [7, 11) is 0. The van der Waals surface area contributed by atoms with Crippen LogP contribution in [0.15, 0.2) is 59.7 Å². The topological polar surface area (TPSA) is 54.4 Å². The molecule has 0 saturated heterocycles. The van der Waals surface area contributed by atoms with Crippen LogP contribution in [0.3, 0.4) is 0 Å². The van der Waals surface area contributed by atoms with Crippen LogP contribution < -0.4 is 5.43 Å². The van der Waals surface area contributed by atoms with Gasteiger partial charge in [-0.2, -0.15) is 5.10 Å². The third-order valence-electron chi connectivity index (χ3n) is 6.00. The van der Waals surface area contributed by atoms with Crippen LogP contribution in [-0.4, -0.2) is 16.6 Å². The van der Waals surface area contributed by atoms with Crippen molar-refractivity contribution in [3.8, 4) is 11.3 Å². The average molecular weight is 400 g/mol. The van der Waals surface area contributed by atoms with Gasteiger partial charge in [0.15, 0.2) is 0 Å². The monoisotopic (exact) mass is 399 g/mol. The van der Waals surface area contributed by atoms with Gasteiger partial charge in [0, 0.05) is 16.7 Å². The molecule has 0 radical (unpaired) electrons. The summed E-state index contributed by atoms with van der Waals surface area (Å²) in [4.78, 5) is 17.9.